The van der Waals surface area contributed by atoms with Crippen LogP contribution in [0.4, 0.5) is 5.69 Å². The van der Waals surface area contributed by atoms with E-state index < -0.39 is 0 Å². The van der Waals surface area contributed by atoms with Gasteiger partial charge in [-0.05, 0) is 0 Å². The quantitative estimate of drug-likeness (QED) is 0.798. The number of fused-ring (bicyclic) bond motifs is 1. The minimum absolute atomic E-state index is 0.309. The van der Waals surface area contributed by atoms with Gasteiger partial charge in [0.15, 0.2) is 0 Å². The third-order valence-corrected chi connectivity index (χ3v) is 3.15. The number of hydrogen-bond donors (Lipinski definition) is 0. The SMILES string of the molecule is CC=C(C)c1cc2c(cc1[N]=[W])OCO2. The molecule has 0 N–H and O–H groups in total. The molecule has 1 heterocycles. The van der Waals surface area contributed by atoms with Crippen LogP contribution in [0.1, 0.15) is 19.4 Å². The molecule has 0 saturated carbocycles. The van der Waals surface area contributed by atoms with Crippen molar-refractivity contribution < 1.29 is 29.1 Å². The van der Waals surface area contributed by atoms with E-state index in [0.29, 0.717) is 6.79 Å². The summed E-state index contributed by atoms with van der Waals surface area (Å²) in [5.74, 6) is 1.61. The molecule has 0 saturated heterocycles. The van der Waals surface area contributed by atoms with Crippen LogP contribution < -0.4 is 9.47 Å². The molecule has 4 heteroatoms. The maximum atomic E-state index is 5.35. The van der Waals surface area contributed by atoms with Gasteiger partial charge in [0.1, 0.15) is 0 Å². The Bertz CT molecular complexity index is 440. The zero-order valence-electron chi connectivity index (χ0n) is 8.61. The molecule has 3 nitrogen and oxygen atoms in total. The first kappa shape index (κ1) is 10.6. The van der Waals surface area contributed by atoms with Crippen LogP contribution in [0.25, 0.3) is 5.57 Å². The number of allylic oxidation sites excluding steroid dienone is 2. The molecular weight excluding hydrogens is 362 g/mol. The van der Waals surface area contributed by atoms with E-state index in [1.165, 1.54) is 25.2 Å². The fourth-order valence-electron chi connectivity index (χ4n) is 1.48. The van der Waals surface area contributed by atoms with Gasteiger partial charge in [0, 0.05) is 0 Å². The van der Waals surface area contributed by atoms with Gasteiger partial charge >= 0.3 is 99.8 Å². The average Bonchev–Trinajstić information content (AvgIpc) is 2.73. The molecule has 2 rings (SSSR count). The van der Waals surface area contributed by atoms with Gasteiger partial charge in [-0.3, -0.25) is 0 Å². The number of rotatable bonds is 2. The standard InChI is InChI=1S/C11H11NO2.W/c1-3-7(2)8-4-10-11(5-9(8)12)14-6-13-10;/h3-5H,6H2,1-2H3;. The molecule has 0 spiro atoms. The molecule has 0 fully saturated rings. The molecule has 78 valence electrons. The second-order valence-electron chi connectivity index (χ2n) is 3.29. The second-order valence-corrected chi connectivity index (χ2v) is 3.94. The van der Waals surface area contributed by atoms with Crippen molar-refractivity contribution in [3.8, 4) is 11.5 Å². The Morgan fingerprint density at radius 1 is 1.40 bits per heavy atom. The van der Waals surface area contributed by atoms with Crippen LogP contribution in [0.3, 0.4) is 0 Å². The fourth-order valence-corrected chi connectivity index (χ4v) is 2.02. The molecule has 0 bridgehead atoms. The van der Waals surface area contributed by atoms with E-state index in [1.54, 1.807) is 0 Å². The van der Waals surface area contributed by atoms with Gasteiger partial charge in [0.05, 0.1) is 0 Å². The molecule has 0 aliphatic carbocycles. The molecule has 15 heavy (non-hydrogen) atoms. The average molecular weight is 373 g/mol. The summed E-state index contributed by atoms with van der Waals surface area (Å²) in [6.45, 7) is 4.40. The maximum absolute atomic E-state index is 5.35. The molecule has 0 aromatic heterocycles. The van der Waals surface area contributed by atoms with E-state index >= 15 is 0 Å². The van der Waals surface area contributed by atoms with Crippen LogP contribution in [0, 0.1) is 0 Å². The Morgan fingerprint density at radius 3 is 2.67 bits per heavy atom. The summed E-state index contributed by atoms with van der Waals surface area (Å²) in [4.78, 5) is 0. The van der Waals surface area contributed by atoms with Crippen LogP contribution in [0.5, 0.6) is 11.5 Å². The summed E-state index contributed by atoms with van der Waals surface area (Å²) in [7, 11) is 0. The van der Waals surface area contributed by atoms with Gasteiger partial charge in [-0.15, -0.1) is 0 Å². The molecule has 0 amide bonds. The van der Waals surface area contributed by atoms with Gasteiger partial charge < -0.3 is 0 Å². The van der Waals surface area contributed by atoms with E-state index in [0.717, 1.165) is 22.7 Å². The number of benzene rings is 1. The Hall–Kier alpha value is -0.952. The molecule has 1 aliphatic heterocycles. The molecule has 1 aromatic carbocycles. The fraction of sp³-hybridized carbons (Fsp3) is 0.273. The first-order chi connectivity index (χ1) is 7.26. The van der Waals surface area contributed by atoms with Crippen LogP contribution in [0.2, 0.25) is 0 Å². The van der Waals surface area contributed by atoms with Crippen molar-refractivity contribution in [3.63, 3.8) is 0 Å². The summed E-state index contributed by atoms with van der Waals surface area (Å²) < 4.78 is 15.0. The van der Waals surface area contributed by atoms with Crippen molar-refractivity contribution in [3.05, 3.63) is 23.8 Å². The zero-order valence-corrected chi connectivity index (χ0v) is 11.5. The Balaban J connectivity index is 2.58. The molecule has 1 aliphatic rings. The van der Waals surface area contributed by atoms with E-state index in [9.17, 15) is 0 Å². The topological polar surface area (TPSA) is 30.8 Å². The number of hydrogen-bond acceptors (Lipinski definition) is 3. The first-order valence-electron chi connectivity index (χ1n) is 4.66. The third kappa shape index (κ3) is 1.89. The van der Waals surface area contributed by atoms with Gasteiger partial charge in [0.2, 0.25) is 0 Å². The zero-order chi connectivity index (χ0) is 10.8. The summed E-state index contributed by atoms with van der Waals surface area (Å²) in [5, 5.41) is 0. The van der Waals surface area contributed by atoms with Gasteiger partial charge in [-0.1, -0.05) is 0 Å². The first-order valence-corrected chi connectivity index (χ1v) is 5.97. The van der Waals surface area contributed by atoms with Gasteiger partial charge in [-0.2, -0.15) is 0 Å². The van der Waals surface area contributed by atoms with Gasteiger partial charge in [-0.25, -0.2) is 0 Å². The van der Waals surface area contributed by atoms with Crippen molar-refractivity contribution in [1.29, 1.82) is 0 Å². The summed E-state index contributed by atoms with van der Waals surface area (Å²) >= 11 is 1.19. The molecule has 0 radical (unpaired) electrons. The molecule has 1 aromatic rings. The predicted octanol–water partition coefficient (Wildman–Crippen LogP) is 3.20. The Morgan fingerprint density at radius 2 is 2.07 bits per heavy atom. The van der Waals surface area contributed by atoms with Crippen LogP contribution in [-0.2, 0) is 19.6 Å². The Kier molecular flexibility index (Phi) is 3.01. The van der Waals surface area contributed by atoms with Crippen molar-refractivity contribution in [1.82, 2.24) is 0 Å². The minimum atomic E-state index is 0.309. The number of ether oxygens (including phenoxy) is 2. The number of nitrogens with zero attached hydrogens (tertiary/aromatic N) is 1. The predicted molar refractivity (Wildman–Crippen MR) is 54.0 cm³/mol. The Labute approximate surface area is 99.8 Å². The van der Waals surface area contributed by atoms with Crippen LogP contribution in [-0.4, -0.2) is 6.79 Å². The van der Waals surface area contributed by atoms with Crippen molar-refractivity contribution >= 4 is 11.3 Å². The second kappa shape index (κ2) is 4.28. The normalized spacial score (nSPS) is 14.1. The monoisotopic (exact) mass is 373 g/mol. The van der Waals surface area contributed by atoms with E-state index in [-0.39, 0.29) is 0 Å². The van der Waals surface area contributed by atoms with Crippen molar-refractivity contribution in [2.24, 2.45) is 3.50 Å². The third-order valence-electron chi connectivity index (χ3n) is 2.45. The van der Waals surface area contributed by atoms with E-state index in [4.69, 9.17) is 9.47 Å². The summed E-state index contributed by atoms with van der Waals surface area (Å²) in [6, 6.07) is 3.94. The molecule has 0 unspecified atom stereocenters. The summed E-state index contributed by atoms with van der Waals surface area (Å²) in [6.07, 6.45) is 2.07. The van der Waals surface area contributed by atoms with Crippen LogP contribution >= 0.6 is 0 Å². The van der Waals surface area contributed by atoms with Gasteiger partial charge in [0.25, 0.3) is 0 Å². The van der Waals surface area contributed by atoms with E-state index in [1.807, 2.05) is 19.1 Å². The summed E-state index contributed by atoms with van der Waals surface area (Å²) in [5.41, 5.74) is 3.30. The van der Waals surface area contributed by atoms with E-state index in [2.05, 4.69) is 16.5 Å². The van der Waals surface area contributed by atoms with Crippen molar-refractivity contribution in [2.45, 2.75) is 13.8 Å². The van der Waals surface area contributed by atoms with Crippen molar-refractivity contribution in [2.75, 3.05) is 6.79 Å². The van der Waals surface area contributed by atoms with Crippen LogP contribution in [0.15, 0.2) is 21.7 Å². The molecule has 0 atom stereocenters. The molecular formula is C11H11NO2W.